The SMILES string of the molecule is C=C(C)/C(C)=C/N=C1/N=NN(Cc2ccc3ncccc3c2)C1=CC. The van der Waals surface area contributed by atoms with Gasteiger partial charge in [-0.05, 0) is 50.1 Å². The first-order valence-electron chi connectivity index (χ1n) is 8.18. The van der Waals surface area contributed by atoms with Gasteiger partial charge in [-0.1, -0.05) is 35.6 Å². The molecule has 0 fully saturated rings. The zero-order chi connectivity index (χ0) is 17.8. The molecular formula is C20H21N5. The molecule has 25 heavy (non-hydrogen) atoms. The highest BCUT2D eigenvalue weighted by molar-refractivity contribution is 5.99. The summed E-state index contributed by atoms with van der Waals surface area (Å²) in [6.07, 6.45) is 5.56. The minimum absolute atomic E-state index is 0.616. The molecule has 0 atom stereocenters. The number of aliphatic imine (C=N–C) groups is 1. The number of benzene rings is 1. The van der Waals surface area contributed by atoms with Crippen LogP contribution in [0.3, 0.4) is 0 Å². The monoisotopic (exact) mass is 331 g/mol. The molecule has 0 N–H and O–H groups in total. The van der Waals surface area contributed by atoms with Gasteiger partial charge in [-0.2, -0.15) is 0 Å². The van der Waals surface area contributed by atoms with Crippen LogP contribution in [0.4, 0.5) is 0 Å². The molecule has 2 heterocycles. The Morgan fingerprint density at radius 3 is 2.88 bits per heavy atom. The summed E-state index contributed by atoms with van der Waals surface area (Å²) in [5.41, 5.74) is 5.05. The van der Waals surface area contributed by atoms with E-state index in [9.17, 15) is 0 Å². The quantitative estimate of drug-likeness (QED) is 0.723. The number of pyridine rings is 1. The lowest BCUT2D eigenvalue weighted by atomic mass is 10.1. The van der Waals surface area contributed by atoms with E-state index in [1.54, 1.807) is 12.4 Å². The van der Waals surface area contributed by atoms with Crippen molar-refractivity contribution in [3.63, 3.8) is 0 Å². The van der Waals surface area contributed by atoms with E-state index < -0.39 is 0 Å². The molecule has 1 aromatic heterocycles. The van der Waals surface area contributed by atoms with Crippen molar-refractivity contribution in [2.24, 2.45) is 15.3 Å². The van der Waals surface area contributed by atoms with Gasteiger partial charge >= 0.3 is 0 Å². The fourth-order valence-corrected chi connectivity index (χ4v) is 2.46. The summed E-state index contributed by atoms with van der Waals surface area (Å²) >= 11 is 0. The molecule has 5 nitrogen and oxygen atoms in total. The highest BCUT2D eigenvalue weighted by Gasteiger charge is 2.21. The van der Waals surface area contributed by atoms with E-state index in [1.807, 2.05) is 44.0 Å². The standard InChI is InChI=1S/C20H21N5/c1-5-19-20(22-12-15(4)14(2)3)23-24-25(19)13-16-8-9-18-17(11-16)7-6-10-21-18/h5-12H,2,13H2,1,3-4H3/b15-12+,19-5?,22-20+. The van der Waals surface area contributed by atoms with Crippen molar-refractivity contribution in [2.75, 3.05) is 0 Å². The third kappa shape index (κ3) is 3.71. The molecule has 0 spiro atoms. The van der Waals surface area contributed by atoms with Crippen LogP contribution < -0.4 is 0 Å². The van der Waals surface area contributed by atoms with E-state index >= 15 is 0 Å². The average molecular weight is 331 g/mol. The Morgan fingerprint density at radius 2 is 2.12 bits per heavy atom. The first kappa shape index (κ1) is 16.8. The summed E-state index contributed by atoms with van der Waals surface area (Å²) in [7, 11) is 0. The first-order chi connectivity index (χ1) is 12.1. The van der Waals surface area contributed by atoms with Gasteiger partial charge in [-0.25, -0.2) is 10.0 Å². The second-order valence-electron chi connectivity index (χ2n) is 6.00. The van der Waals surface area contributed by atoms with E-state index in [1.165, 1.54) is 0 Å². The Morgan fingerprint density at radius 1 is 1.28 bits per heavy atom. The molecule has 0 bridgehead atoms. The lowest BCUT2D eigenvalue weighted by Gasteiger charge is -2.14. The number of fused-ring (bicyclic) bond motifs is 1. The zero-order valence-electron chi connectivity index (χ0n) is 14.8. The fraction of sp³-hybridized carbons (Fsp3) is 0.200. The molecule has 0 amide bonds. The normalized spacial score (nSPS) is 17.9. The number of hydrogen-bond donors (Lipinski definition) is 0. The maximum atomic E-state index is 4.45. The smallest absolute Gasteiger partial charge is 0.201 e. The molecule has 3 rings (SSSR count). The lowest BCUT2D eigenvalue weighted by molar-refractivity contribution is 0.370. The van der Waals surface area contributed by atoms with Gasteiger partial charge in [0.2, 0.25) is 5.84 Å². The molecule has 1 aliphatic heterocycles. The summed E-state index contributed by atoms with van der Waals surface area (Å²) in [5, 5.41) is 11.4. The minimum Gasteiger partial charge on any atom is -0.256 e. The van der Waals surface area contributed by atoms with Gasteiger partial charge in [0.15, 0.2) is 0 Å². The second kappa shape index (κ2) is 7.21. The van der Waals surface area contributed by atoms with Crippen molar-refractivity contribution in [1.82, 2.24) is 9.99 Å². The zero-order valence-corrected chi connectivity index (χ0v) is 14.8. The Labute approximate surface area is 147 Å². The van der Waals surface area contributed by atoms with Crippen molar-refractivity contribution >= 4 is 16.7 Å². The molecule has 0 saturated carbocycles. The summed E-state index contributed by atoms with van der Waals surface area (Å²) in [6, 6.07) is 10.2. The molecule has 0 aliphatic carbocycles. The number of nitrogens with zero attached hydrogens (tertiary/aromatic N) is 5. The maximum absolute atomic E-state index is 4.45. The molecule has 126 valence electrons. The van der Waals surface area contributed by atoms with Crippen molar-refractivity contribution in [3.05, 3.63) is 77.8 Å². The summed E-state index contributed by atoms with van der Waals surface area (Å²) in [5.74, 6) is 0.616. The summed E-state index contributed by atoms with van der Waals surface area (Å²) in [6.45, 7) is 10.5. The van der Waals surface area contributed by atoms with E-state index in [0.29, 0.717) is 12.4 Å². The van der Waals surface area contributed by atoms with Crippen molar-refractivity contribution in [2.45, 2.75) is 27.3 Å². The molecule has 0 radical (unpaired) electrons. The van der Waals surface area contributed by atoms with Gasteiger partial charge in [-0.15, -0.1) is 5.11 Å². The molecule has 1 aliphatic rings. The van der Waals surface area contributed by atoms with E-state index in [2.05, 4.69) is 45.1 Å². The van der Waals surface area contributed by atoms with Crippen LogP contribution in [-0.4, -0.2) is 15.8 Å². The van der Waals surface area contributed by atoms with Gasteiger partial charge < -0.3 is 0 Å². The summed E-state index contributed by atoms with van der Waals surface area (Å²) < 4.78 is 0. The largest absolute Gasteiger partial charge is 0.256 e. The molecular weight excluding hydrogens is 310 g/mol. The van der Waals surface area contributed by atoms with Gasteiger partial charge in [0.1, 0.15) is 5.70 Å². The van der Waals surface area contributed by atoms with E-state index in [4.69, 9.17) is 0 Å². The number of amidine groups is 1. The number of allylic oxidation sites excluding steroid dienone is 3. The topological polar surface area (TPSA) is 53.2 Å². The number of hydrogen-bond acceptors (Lipinski definition) is 4. The van der Waals surface area contributed by atoms with Crippen LogP contribution in [0.25, 0.3) is 10.9 Å². The van der Waals surface area contributed by atoms with E-state index in [0.717, 1.165) is 33.3 Å². The molecule has 0 unspecified atom stereocenters. The predicted octanol–water partition coefficient (Wildman–Crippen LogP) is 5.20. The average Bonchev–Trinajstić information content (AvgIpc) is 3.00. The highest BCUT2D eigenvalue weighted by atomic mass is 15.6. The minimum atomic E-state index is 0.616. The van der Waals surface area contributed by atoms with Crippen molar-refractivity contribution in [3.8, 4) is 0 Å². The van der Waals surface area contributed by atoms with Crippen molar-refractivity contribution in [1.29, 1.82) is 0 Å². The Kier molecular flexibility index (Phi) is 4.84. The Balaban J connectivity index is 1.81. The number of rotatable bonds is 4. The molecule has 1 aromatic carbocycles. The summed E-state index contributed by atoms with van der Waals surface area (Å²) in [4.78, 5) is 8.80. The highest BCUT2D eigenvalue weighted by Crippen LogP contribution is 2.22. The van der Waals surface area contributed by atoms with Gasteiger partial charge in [0.25, 0.3) is 0 Å². The van der Waals surface area contributed by atoms with Crippen molar-refractivity contribution < 1.29 is 0 Å². The van der Waals surface area contributed by atoms with Crippen LogP contribution in [0.15, 0.2) is 87.6 Å². The second-order valence-corrected chi connectivity index (χ2v) is 6.00. The van der Waals surface area contributed by atoms with Crippen LogP contribution in [0.2, 0.25) is 0 Å². The van der Waals surface area contributed by atoms with Crippen LogP contribution in [-0.2, 0) is 6.54 Å². The van der Waals surface area contributed by atoms with Gasteiger partial charge in [0.05, 0.1) is 12.1 Å². The van der Waals surface area contributed by atoms with Crippen LogP contribution in [0.1, 0.15) is 26.3 Å². The molecule has 0 saturated heterocycles. The third-order valence-corrected chi connectivity index (χ3v) is 4.08. The fourth-order valence-electron chi connectivity index (χ4n) is 2.46. The molecule has 2 aromatic rings. The Bertz CT molecular complexity index is 934. The van der Waals surface area contributed by atoms with Crippen LogP contribution >= 0.6 is 0 Å². The van der Waals surface area contributed by atoms with Crippen LogP contribution in [0, 0.1) is 0 Å². The Hall–Kier alpha value is -3.08. The predicted molar refractivity (Wildman–Crippen MR) is 102 cm³/mol. The lowest BCUT2D eigenvalue weighted by Crippen LogP contribution is -2.15. The molecule has 5 heteroatoms. The maximum Gasteiger partial charge on any atom is 0.201 e. The third-order valence-electron chi connectivity index (χ3n) is 4.08. The number of aromatic nitrogens is 1. The van der Waals surface area contributed by atoms with Gasteiger partial charge in [0, 0.05) is 17.8 Å². The van der Waals surface area contributed by atoms with Gasteiger partial charge in [-0.3, -0.25) is 4.98 Å². The van der Waals surface area contributed by atoms with E-state index in [-0.39, 0.29) is 0 Å². The van der Waals surface area contributed by atoms with Crippen LogP contribution in [0.5, 0.6) is 0 Å². The first-order valence-corrected chi connectivity index (χ1v) is 8.18.